The van der Waals surface area contributed by atoms with Crippen LogP contribution in [-0.2, 0) is 11.2 Å². The standard InChI is InChI=1S/C13H18N4O3/c1-2-14-5-6-15-11-7-9-3-4-13(18)16-10(9)8-12(11)17(19)20/h7-8,14-15H,2-6H2,1H3,(H,16,18). The Balaban J connectivity index is 2.21. The van der Waals surface area contributed by atoms with Crippen LogP contribution >= 0.6 is 0 Å². The number of benzene rings is 1. The summed E-state index contributed by atoms with van der Waals surface area (Å²) in [5.74, 6) is -0.0975. The predicted molar refractivity (Wildman–Crippen MR) is 77.1 cm³/mol. The van der Waals surface area contributed by atoms with E-state index in [0.29, 0.717) is 30.8 Å². The van der Waals surface area contributed by atoms with Gasteiger partial charge in [0.1, 0.15) is 5.69 Å². The second-order valence-electron chi connectivity index (χ2n) is 4.61. The first-order valence-corrected chi connectivity index (χ1v) is 6.67. The molecule has 2 rings (SSSR count). The van der Waals surface area contributed by atoms with E-state index in [-0.39, 0.29) is 11.6 Å². The van der Waals surface area contributed by atoms with Crippen LogP contribution in [0.25, 0.3) is 0 Å². The number of likely N-dealkylation sites (N-methyl/N-ethyl adjacent to an activating group) is 1. The molecule has 0 fully saturated rings. The maximum atomic E-state index is 11.3. The van der Waals surface area contributed by atoms with Crippen molar-refractivity contribution in [1.29, 1.82) is 0 Å². The van der Waals surface area contributed by atoms with Crippen LogP contribution in [0.3, 0.4) is 0 Å². The summed E-state index contributed by atoms with van der Waals surface area (Å²) in [5.41, 5.74) is 1.97. The van der Waals surface area contributed by atoms with Crippen molar-refractivity contribution in [2.75, 3.05) is 30.3 Å². The molecular formula is C13H18N4O3. The average molecular weight is 278 g/mol. The number of rotatable bonds is 6. The highest BCUT2D eigenvalue weighted by atomic mass is 16.6. The lowest BCUT2D eigenvalue weighted by Crippen LogP contribution is -2.22. The summed E-state index contributed by atoms with van der Waals surface area (Å²) in [6.07, 6.45) is 1.03. The molecule has 1 aliphatic heterocycles. The van der Waals surface area contributed by atoms with Crippen LogP contribution in [0, 0.1) is 10.1 Å². The van der Waals surface area contributed by atoms with Gasteiger partial charge in [-0.05, 0) is 24.6 Å². The molecule has 0 saturated carbocycles. The molecule has 0 bridgehead atoms. The zero-order valence-corrected chi connectivity index (χ0v) is 11.4. The highest BCUT2D eigenvalue weighted by molar-refractivity contribution is 5.95. The van der Waals surface area contributed by atoms with E-state index in [1.54, 1.807) is 6.07 Å². The number of amides is 1. The number of hydrogen-bond acceptors (Lipinski definition) is 5. The van der Waals surface area contributed by atoms with Crippen LogP contribution in [-0.4, -0.2) is 30.5 Å². The van der Waals surface area contributed by atoms with Crippen molar-refractivity contribution >= 4 is 23.0 Å². The zero-order chi connectivity index (χ0) is 14.5. The maximum absolute atomic E-state index is 11.3. The van der Waals surface area contributed by atoms with Crippen molar-refractivity contribution in [1.82, 2.24) is 5.32 Å². The summed E-state index contributed by atoms with van der Waals surface area (Å²) in [4.78, 5) is 22.0. The molecule has 0 aromatic heterocycles. The molecule has 20 heavy (non-hydrogen) atoms. The van der Waals surface area contributed by atoms with Crippen LogP contribution in [0.5, 0.6) is 0 Å². The summed E-state index contributed by atoms with van der Waals surface area (Å²) in [5, 5.41) is 20.0. The third-order valence-electron chi connectivity index (χ3n) is 3.18. The Labute approximate surface area is 116 Å². The van der Waals surface area contributed by atoms with Gasteiger partial charge in [0, 0.05) is 25.6 Å². The number of carbonyl (C=O) groups excluding carboxylic acids is 1. The smallest absolute Gasteiger partial charge is 0.294 e. The molecule has 7 heteroatoms. The minimum absolute atomic E-state index is 0.0116. The van der Waals surface area contributed by atoms with Gasteiger partial charge >= 0.3 is 0 Å². The van der Waals surface area contributed by atoms with Crippen LogP contribution in [0.4, 0.5) is 17.1 Å². The quantitative estimate of drug-likeness (QED) is 0.416. The van der Waals surface area contributed by atoms with E-state index in [2.05, 4.69) is 16.0 Å². The van der Waals surface area contributed by atoms with Gasteiger partial charge in [-0.15, -0.1) is 0 Å². The highest BCUT2D eigenvalue weighted by Gasteiger charge is 2.22. The van der Waals surface area contributed by atoms with Crippen molar-refractivity contribution in [3.8, 4) is 0 Å². The average Bonchev–Trinajstić information content (AvgIpc) is 2.42. The lowest BCUT2D eigenvalue weighted by molar-refractivity contribution is -0.383. The largest absolute Gasteiger partial charge is 0.378 e. The van der Waals surface area contributed by atoms with Gasteiger partial charge in [-0.1, -0.05) is 6.92 Å². The molecule has 0 atom stereocenters. The number of fused-ring (bicyclic) bond motifs is 1. The van der Waals surface area contributed by atoms with Crippen molar-refractivity contribution in [2.24, 2.45) is 0 Å². The number of nitro groups is 1. The molecule has 0 unspecified atom stereocenters. The normalized spacial score (nSPS) is 13.6. The summed E-state index contributed by atoms with van der Waals surface area (Å²) in [6, 6.07) is 3.20. The van der Waals surface area contributed by atoms with Crippen molar-refractivity contribution in [3.05, 3.63) is 27.8 Å². The number of anilines is 2. The molecule has 7 nitrogen and oxygen atoms in total. The van der Waals surface area contributed by atoms with Gasteiger partial charge in [0.15, 0.2) is 0 Å². The Bertz CT molecular complexity index is 531. The van der Waals surface area contributed by atoms with Crippen LogP contribution < -0.4 is 16.0 Å². The third kappa shape index (κ3) is 3.24. The lowest BCUT2D eigenvalue weighted by Gasteiger charge is -2.18. The highest BCUT2D eigenvalue weighted by Crippen LogP contribution is 2.33. The van der Waals surface area contributed by atoms with Crippen molar-refractivity contribution < 1.29 is 9.72 Å². The van der Waals surface area contributed by atoms with Gasteiger partial charge in [-0.25, -0.2) is 0 Å². The summed E-state index contributed by atoms with van der Waals surface area (Å²) in [6.45, 7) is 4.21. The number of carbonyl (C=O) groups is 1. The molecule has 1 heterocycles. The molecule has 0 radical (unpaired) electrons. The number of nitrogens with zero attached hydrogens (tertiary/aromatic N) is 1. The minimum atomic E-state index is -0.434. The van der Waals surface area contributed by atoms with Crippen molar-refractivity contribution in [2.45, 2.75) is 19.8 Å². The second kappa shape index (κ2) is 6.33. The van der Waals surface area contributed by atoms with E-state index >= 15 is 0 Å². The molecule has 1 aromatic rings. The topological polar surface area (TPSA) is 96.3 Å². The van der Waals surface area contributed by atoms with Gasteiger partial charge in [-0.2, -0.15) is 0 Å². The zero-order valence-electron chi connectivity index (χ0n) is 11.4. The number of nitrogens with one attached hydrogen (secondary N) is 3. The SMILES string of the molecule is CCNCCNc1cc2c(cc1[N+](=O)[O-])NC(=O)CC2. The monoisotopic (exact) mass is 278 g/mol. The number of aryl methyl sites for hydroxylation is 1. The summed E-state index contributed by atoms with van der Waals surface area (Å²) >= 11 is 0. The molecule has 0 saturated heterocycles. The molecule has 108 valence electrons. The van der Waals surface area contributed by atoms with E-state index in [4.69, 9.17) is 0 Å². The van der Waals surface area contributed by atoms with Gasteiger partial charge < -0.3 is 16.0 Å². The Hall–Kier alpha value is -2.15. The van der Waals surface area contributed by atoms with Crippen molar-refractivity contribution in [3.63, 3.8) is 0 Å². The van der Waals surface area contributed by atoms with E-state index in [9.17, 15) is 14.9 Å². The Kier molecular flexibility index (Phi) is 4.52. The fraction of sp³-hybridized carbons (Fsp3) is 0.462. The van der Waals surface area contributed by atoms with Gasteiger partial charge in [-0.3, -0.25) is 14.9 Å². The Morgan fingerprint density at radius 1 is 1.35 bits per heavy atom. The Morgan fingerprint density at radius 3 is 2.85 bits per heavy atom. The van der Waals surface area contributed by atoms with Gasteiger partial charge in [0.2, 0.25) is 5.91 Å². The van der Waals surface area contributed by atoms with E-state index in [0.717, 1.165) is 18.7 Å². The van der Waals surface area contributed by atoms with Crippen LogP contribution in [0.2, 0.25) is 0 Å². The van der Waals surface area contributed by atoms with Gasteiger partial charge in [0.25, 0.3) is 5.69 Å². The molecular weight excluding hydrogens is 260 g/mol. The van der Waals surface area contributed by atoms with E-state index in [1.165, 1.54) is 6.07 Å². The maximum Gasteiger partial charge on any atom is 0.294 e. The predicted octanol–water partition coefficient (Wildman–Crippen LogP) is 1.50. The second-order valence-corrected chi connectivity index (χ2v) is 4.61. The molecule has 1 amide bonds. The summed E-state index contributed by atoms with van der Waals surface area (Å²) in [7, 11) is 0. The molecule has 1 aliphatic rings. The van der Waals surface area contributed by atoms with Gasteiger partial charge in [0.05, 0.1) is 10.6 Å². The number of nitro benzene ring substituents is 1. The minimum Gasteiger partial charge on any atom is -0.378 e. The van der Waals surface area contributed by atoms with E-state index < -0.39 is 4.92 Å². The van der Waals surface area contributed by atoms with E-state index in [1.807, 2.05) is 6.92 Å². The molecule has 0 aliphatic carbocycles. The fourth-order valence-electron chi connectivity index (χ4n) is 2.17. The molecule has 3 N–H and O–H groups in total. The fourth-order valence-corrected chi connectivity index (χ4v) is 2.17. The van der Waals surface area contributed by atoms with Crippen LogP contribution in [0.15, 0.2) is 12.1 Å². The molecule has 0 spiro atoms. The first-order chi connectivity index (χ1) is 9.61. The Morgan fingerprint density at radius 2 is 2.15 bits per heavy atom. The summed E-state index contributed by atoms with van der Waals surface area (Å²) < 4.78 is 0. The number of hydrogen-bond donors (Lipinski definition) is 3. The molecule has 1 aromatic carbocycles. The first kappa shape index (κ1) is 14.3. The lowest BCUT2D eigenvalue weighted by atomic mass is 10.0. The first-order valence-electron chi connectivity index (χ1n) is 6.67. The van der Waals surface area contributed by atoms with Crippen LogP contribution in [0.1, 0.15) is 18.9 Å². The third-order valence-corrected chi connectivity index (χ3v) is 3.18.